The van der Waals surface area contributed by atoms with Gasteiger partial charge in [0.25, 0.3) is 0 Å². The lowest BCUT2D eigenvalue weighted by Crippen LogP contribution is -2.44. The van der Waals surface area contributed by atoms with E-state index < -0.39 is 0 Å². The predicted octanol–water partition coefficient (Wildman–Crippen LogP) is 4.66. The first-order valence-electron chi connectivity index (χ1n) is 10.3. The van der Waals surface area contributed by atoms with Crippen LogP contribution in [0.15, 0.2) is 59.9 Å². The number of aromatic nitrogens is 3. The lowest BCUT2D eigenvalue weighted by molar-refractivity contribution is 0.187. The van der Waals surface area contributed by atoms with E-state index in [4.69, 9.17) is 17.3 Å². The number of hydrogen-bond acceptors (Lipinski definition) is 6. The molecule has 30 heavy (non-hydrogen) atoms. The van der Waals surface area contributed by atoms with Gasteiger partial charge >= 0.3 is 0 Å². The molecule has 1 aliphatic carbocycles. The summed E-state index contributed by atoms with van der Waals surface area (Å²) < 4.78 is 0. The van der Waals surface area contributed by atoms with E-state index in [1.807, 2.05) is 24.5 Å². The minimum absolute atomic E-state index is 0.140. The van der Waals surface area contributed by atoms with E-state index in [0.717, 1.165) is 54.6 Å². The number of benzene rings is 1. The largest absolute Gasteiger partial charge is 0.355 e. The topological polar surface area (TPSA) is 67.9 Å². The average Bonchev–Trinajstić information content (AvgIpc) is 3.05. The zero-order chi connectivity index (χ0) is 20.6. The summed E-state index contributed by atoms with van der Waals surface area (Å²) in [5, 5.41) is 1.41. The molecule has 5 rings (SSSR count). The zero-order valence-corrected chi connectivity index (χ0v) is 18.2. The second-order valence-electron chi connectivity index (χ2n) is 8.16. The molecule has 1 aromatic carbocycles. The number of piperidine rings is 1. The van der Waals surface area contributed by atoms with Crippen LogP contribution in [0.2, 0.25) is 5.15 Å². The number of halogens is 1. The van der Waals surface area contributed by atoms with E-state index in [9.17, 15) is 0 Å². The number of anilines is 1. The molecular formula is C23H24ClN5S. The van der Waals surface area contributed by atoms with Crippen molar-refractivity contribution >= 4 is 29.2 Å². The van der Waals surface area contributed by atoms with E-state index in [1.54, 1.807) is 17.8 Å². The Labute approximate surface area is 186 Å². The maximum Gasteiger partial charge on any atom is 0.147 e. The van der Waals surface area contributed by atoms with Crippen molar-refractivity contribution in [2.45, 2.75) is 36.1 Å². The van der Waals surface area contributed by atoms with Gasteiger partial charge in [-0.05, 0) is 47.9 Å². The maximum absolute atomic E-state index is 6.69. The Bertz CT molecular complexity index is 1030. The van der Waals surface area contributed by atoms with E-state index >= 15 is 0 Å². The van der Waals surface area contributed by atoms with Crippen LogP contribution in [0, 0.1) is 5.41 Å². The van der Waals surface area contributed by atoms with Gasteiger partial charge in [0.05, 0.1) is 18.1 Å². The molecule has 1 fully saturated rings. The van der Waals surface area contributed by atoms with Gasteiger partial charge in [-0.15, -0.1) is 0 Å². The lowest BCUT2D eigenvalue weighted by atomic mass is 9.73. The van der Waals surface area contributed by atoms with Gasteiger partial charge in [0, 0.05) is 24.9 Å². The first-order valence-corrected chi connectivity index (χ1v) is 11.6. The monoisotopic (exact) mass is 437 g/mol. The molecule has 0 bridgehead atoms. The van der Waals surface area contributed by atoms with Crippen molar-refractivity contribution in [3.05, 3.63) is 76.8 Å². The van der Waals surface area contributed by atoms with Gasteiger partial charge in [-0.3, -0.25) is 0 Å². The molecule has 0 saturated carbocycles. The van der Waals surface area contributed by atoms with Gasteiger partial charge < -0.3 is 10.6 Å². The second kappa shape index (κ2) is 8.17. The Kier molecular flexibility index (Phi) is 5.39. The highest BCUT2D eigenvalue weighted by molar-refractivity contribution is 7.98. The predicted molar refractivity (Wildman–Crippen MR) is 122 cm³/mol. The summed E-state index contributed by atoms with van der Waals surface area (Å²) in [5.41, 5.74) is 10.6. The van der Waals surface area contributed by atoms with Crippen LogP contribution in [0.4, 0.5) is 5.82 Å². The number of rotatable bonds is 4. The summed E-state index contributed by atoms with van der Waals surface area (Å²) >= 11 is 7.57. The van der Waals surface area contributed by atoms with Crippen LogP contribution in [0.5, 0.6) is 0 Å². The van der Waals surface area contributed by atoms with Crippen molar-refractivity contribution in [1.29, 1.82) is 0 Å². The number of hydrogen-bond donors (Lipinski definition) is 1. The van der Waals surface area contributed by atoms with Crippen LogP contribution in [0.1, 0.15) is 35.7 Å². The number of nitrogens with zero attached hydrogens (tertiary/aromatic N) is 4. The molecule has 2 aliphatic rings. The molecular weight excluding hydrogens is 414 g/mol. The fourth-order valence-electron chi connectivity index (χ4n) is 4.71. The SMILES string of the molecule is N[C@@H]1c2ccccc2CC12CCN(c1cnc(SCc3cccc(Cl)n3)cn1)CC2. The third kappa shape index (κ3) is 3.80. The van der Waals surface area contributed by atoms with Gasteiger partial charge in [0.15, 0.2) is 0 Å². The van der Waals surface area contributed by atoms with Crippen molar-refractivity contribution < 1.29 is 0 Å². The number of thioether (sulfide) groups is 1. The average molecular weight is 438 g/mol. The molecule has 0 radical (unpaired) electrons. The summed E-state index contributed by atoms with van der Waals surface area (Å²) in [7, 11) is 0. The Balaban J connectivity index is 1.20. The summed E-state index contributed by atoms with van der Waals surface area (Å²) in [5.74, 6) is 1.67. The lowest BCUT2D eigenvalue weighted by Gasteiger charge is -2.42. The molecule has 1 aliphatic heterocycles. The molecule has 7 heteroatoms. The highest BCUT2D eigenvalue weighted by atomic mass is 35.5. The van der Waals surface area contributed by atoms with E-state index in [1.165, 1.54) is 11.1 Å². The minimum atomic E-state index is 0.140. The fourth-order valence-corrected chi connectivity index (χ4v) is 5.60. The molecule has 1 atom stereocenters. The highest BCUT2D eigenvalue weighted by Gasteiger charge is 2.45. The van der Waals surface area contributed by atoms with Gasteiger partial charge in [-0.2, -0.15) is 0 Å². The van der Waals surface area contributed by atoms with Crippen molar-refractivity contribution in [2.24, 2.45) is 11.1 Å². The van der Waals surface area contributed by atoms with E-state index in [0.29, 0.717) is 5.15 Å². The molecule has 154 valence electrons. The van der Waals surface area contributed by atoms with Gasteiger partial charge in [0.1, 0.15) is 16.0 Å². The quantitative estimate of drug-likeness (QED) is 0.473. The van der Waals surface area contributed by atoms with Crippen LogP contribution in [0.3, 0.4) is 0 Å². The fraction of sp³-hybridized carbons (Fsp3) is 0.348. The Morgan fingerprint density at radius 3 is 2.63 bits per heavy atom. The summed E-state index contributed by atoms with van der Waals surface area (Å²) in [4.78, 5) is 15.9. The smallest absolute Gasteiger partial charge is 0.147 e. The zero-order valence-electron chi connectivity index (χ0n) is 16.7. The summed E-state index contributed by atoms with van der Waals surface area (Å²) in [6.07, 6.45) is 7.00. The third-order valence-corrected chi connectivity index (χ3v) is 7.59. The Hall–Kier alpha value is -2.15. The van der Waals surface area contributed by atoms with Crippen LogP contribution in [-0.2, 0) is 12.2 Å². The molecule has 5 nitrogen and oxygen atoms in total. The standard InChI is InChI=1S/C23H24ClN5S/c24-19-7-3-5-17(28-19)15-30-21-14-26-20(13-27-21)29-10-8-23(9-11-29)12-16-4-1-2-6-18(16)22(23)25/h1-7,13-14,22H,8-12,15,25H2/t22-/m1/s1. The van der Waals surface area contributed by atoms with E-state index in [2.05, 4.69) is 44.1 Å². The van der Waals surface area contributed by atoms with Crippen molar-refractivity contribution in [3.63, 3.8) is 0 Å². The Morgan fingerprint density at radius 2 is 1.90 bits per heavy atom. The first kappa shape index (κ1) is 19.8. The second-order valence-corrected chi connectivity index (χ2v) is 9.54. The van der Waals surface area contributed by atoms with Crippen LogP contribution < -0.4 is 10.6 Å². The number of nitrogens with two attached hydrogens (primary N) is 1. The van der Waals surface area contributed by atoms with E-state index in [-0.39, 0.29) is 11.5 Å². The maximum atomic E-state index is 6.69. The van der Waals surface area contributed by atoms with Crippen molar-refractivity contribution in [2.75, 3.05) is 18.0 Å². The van der Waals surface area contributed by atoms with Crippen LogP contribution >= 0.6 is 23.4 Å². The third-order valence-electron chi connectivity index (χ3n) is 6.43. The van der Waals surface area contributed by atoms with Crippen LogP contribution in [-0.4, -0.2) is 28.0 Å². The molecule has 0 unspecified atom stereocenters. The summed E-state index contributed by atoms with van der Waals surface area (Å²) in [6.45, 7) is 1.94. The normalized spacial score (nSPS) is 19.8. The van der Waals surface area contributed by atoms with Gasteiger partial charge in [-0.1, -0.05) is 53.7 Å². The number of fused-ring (bicyclic) bond motifs is 1. The minimum Gasteiger partial charge on any atom is -0.355 e. The molecule has 0 amide bonds. The molecule has 1 saturated heterocycles. The molecule has 3 aromatic rings. The van der Waals surface area contributed by atoms with Crippen molar-refractivity contribution in [1.82, 2.24) is 15.0 Å². The Morgan fingerprint density at radius 1 is 1.07 bits per heavy atom. The van der Waals surface area contributed by atoms with Gasteiger partial charge in [0.2, 0.25) is 0 Å². The first-order chi connectivity index (χ1) is 14.6. The molecule has 2 aromatic heterocycles. The number of pyridine rings is 1. The van der Waals surface area contributed by atoms with Gasteiger partial charge in [-0.25, -0.2) is 15.0 Å². The molecule has 1 spiro atoms. The molecule has 2 N–H and O–H groups in total. The summed E-state index contributed by atoms with van der Waals surface area (Å²) in [6, 6.07) is 14.5. The molecule has 3 heterocycles. The van der Waals surface area contributed by atoms with Crippen molar-refractivity contribution in [3.8, 4) is 0 Å². The van der Waals surface area contributed by atoms with Crippen LogP contribution in [0.25, 0.3) is 0 Å². The highest BCUT2D eigenvalue weighted by Crippen LogP contribution is 2.50.